The Bertz CT molecular complexity index is 980. The van der Waals surface area contributed by atoms with Crippen LogP contribution in [0.25, 0.3) is 16.2 Å². The first kappa shape index (κ1) is 18.5. The number of halogens is 2. The molecule has 0 aliphatic carbocycles. The Kier molecular flexibility index (Phi) is 5.93. The van der Waals surface area contributed by atoms with Gasteiger partial charge in [-0.15, -0.1) is 11.3 Å². The van der Waals surface area contributed by atoms with E-state index in [-0.39, 0.29) is 6.61 Å². The Morgan fingerprint density at radius 3 is 2.54 bits per heavy atom. The Balaban J connectivity index is 1.54. The number of carbonyl (C=O) groups excluding carboxylic acids is 2. The predicted molar refractivity (Wildman–Crippen MR) is 107 cm³/mol. The number of esters is 1. The first-order valence-electron chi connectivity index (χ1n) is 7.60. The lowest BCUT2D eigenvalue weighted by molar-refractivity contribution is -0.142. The van der Waals surface area contributed by atoms with Crippen molar-refractivity contribution in [2.24, 2.45) is 0 Å². The summed E-state index contributed by atoms with van der Waals surface area (Å²) in [7, 11) is 0. The van der Waals surface area contributed by atoms with Gasteiger partial charge in [0.15, 0.2) is 6.61 Å². The standard InChI is InChI=1S/C19H13Cl2NO3S/c20-12-5-7-13(8-6-12)22-17(23)11-25-18(24)10-9-16-19(21)14-3-1-2-4-15(14)26-16/h1-10H,11H2,(H,22,23)/b10-9+. The van der Waals surface area contributed by atoms with Crippen LogP contribution in [-0.2, 0) is 14.3 Å². The molecule has 0 spiro atoms. The Morgan fingerprint density at radius 1 is 1.08 bits per heavy atom. The van der Waals surface area contributed by atoms with Crippen molar-refractivity contribution in [2.45, 2.75) is 0 Å². The number of rotatable bonds is 5. The van der Waals surface area contributed by atoms with E-state index >= 15 is 0 Å². The Hall–Kier alpha value is -2.34. The van der Waals surface area contributed by atoms with E-state index in [1.165, 1.54) is 17.4 Å². The maximum absolute atomic E-state index is 11.8. The van der Waals surface area contributed by atoms with E-state index in [1.807, 2.05) is 24.3 Å². The summed E-state index contributed by atoms with van der Waals surface area (Å²) in [5, 5.41) is 4.71. The molecule has 132 valence electrons. The fourth-order valence-electron chi connectivity index (χ4n) is 2.20. The number of hydrogen-bond donors (Lipinski definition) is 1. The second-order valence-electron chi connectivity index (χ2n) is 5.27. The molecule has 0 aliphatic heterocycles. The molecule has 7 heteroatoms. The van der Waals surface area contributed by atoms with Crippen molar-refractivity contribution >= 4 is 68.3 Å². The van der Waals surface area contributed by atoms with Crippen LogP contribution in [0.2, 0.25) is 10.0 Å². The van der Waals surface area contributed by atoms with Crippen molar-refractivity contribution in [1.82, 2.24) is 0 Å². The van der Waals surface area contributed by atoms with Gasteiger partial charge in [-0.25, -0.2) is 4.79 Å². The summed E-state index contributed by atoms with van der Waals surface area (Å²) in [6.07, 6.45) is 2.85. The second kappa shape index (κ2) is 8.36. The van der Waals surface area contributed by atoms with Crippen LogP contribution in [0.1, 0.15) is 4.88 Å². The molecular weight excluding hydrogens is 393 g/mol. The van der Waals surface area contributed by atoms with Crippen LogP contribution in [0, 0.1) is 0 Å². The minimum atomic E-state index is -0.621. The molecule has 1 amide bonds. The largest absolute Gasteiger partial charge is 0.452 e. The Labute approximate surface area is 164 Å². The topological polar surface area (TPSA) is 55.4 Å². The first-order chi connectivity index (χ1) is 12.5. The molecule has 0 bridgehead atoms. The third kappa shape index (κ3) is 4.64. The lowest BCUT2D eigenvalue weighted by Gasteiger charge is -2.05. The molecule has 3 aromatic rings. The van der Waals surface area contributed by atoms with Gasteiger partial charge in [0.1, 0.15) is 0 Å². The second-order valence-corrected chi connectivity index (χ2v) is 7.17. The summed E-state index contributed by atoms with van der Waals surface area (Å²) in [6.45, 7) is -0.383. The molecular formula is C19H13Cl2NO3S. The van der Waals surface area contributed by atoms with Gasteiger partial charge in [-0.1, -0.05) is 41.4 Å². The van der Waals surface area contributed by atoms with Crippen molar-refractivity contribution in [3.8, 4) is 0 Å². The molecule has 3 rings (SSSR count). The summed E-state index contributed by atoms with van der Waals surface area (Å²) in [4.78, 5) is 24.3. The zero-order chi connectivity index (χ0) is 18.5. The summed E-state index contributed by atoms with van der Waals surface area (Å²) >= 11 is 13.6. The molecule has 2 aromatic carbocycles. The number of benzene rings is 2. The van der Waals surface area contributed by atoms with Crippen LogP contribution >= 0.6 is 34.5 Å². The average Bonchev–Trinajstić information content (AvgIpc) is 2.96. The van der Waals surface area contributed by atoms with Crippen LogP contribution in [0.15, 0.2) is 54.6 Å². The maximum atomic E-state index is 11.8. The van der Waals surface area contributed by atoms with Gasteiger partial charge in [-0.2, -0.15) is 0 Å². The third-order valence-corrected chi connectivity index (χ3v) is 5.31. The van der Waals surface area contributed by atoms with Gasteiger partial charge in [-0.05, 0) is 36.4 Å². The highest BCUT2D eigenvalue weighted by Crippen LogP contribution is 2.35. The zero-order valence-corrected chi connectivity index (χ0v) is 15.7. The van der Waals surface area contributed by atoms with E-state index in [4.69, 9.17) is 27.9 Å². The van der Waals surface area contributed by atoms with Crippen molar-refractivity contribution in [2.75, 3.05) is 11.9 Å². The molecule has 0 unspecified atom stereocenters. The van der Waals surface area contributed by atoms with Crippen molar-refractivity contribution < 1.29 is 14.3 Å². The van der Waals surface area contributed by atoms with Gasteiger partial charge in [0.2, 0.25) is 0 Å². The molecule has 0 aliphatic rings. The van der Waals surface area contributed by atoms with Crippen LogP contribution in [-0.4, -0.2) is 18.5 Å². The number of nitrogens with one attached hydrogen (secondary N) is 1. The quantitative estimate of drug-likeness (QED) is 0.456. The summed E-state index contributed by atoms with van der Waals surface area (Å²) in [5.41, 5.74) is 0.572. The molecule has 1 aromatic heterocycles. The van der Waals surface area contributed by atoms with Crippen molar-refractivity contribution in [3.63, 3.8) is 0 Å². The van der Waals surface area contributed by atoms with E-state index in [9.17, 15) is 9.59 Å². The highest BCUT2D eigenvalue weighted by atomic mass is 35.5. The van der Waals surface area contributed by atoms with Crippen LogP contribution < -0.4 is 5.32 Å². The van der Waals surface area contributed by atoms with Gasteiger partial charge in [-0.3, -0.25) is 4.79 Å². The average molecular weight is 406 g/mol. The summed E-state index contributed by atoms with van der Waals surface area (Å²) in [5.74, 6) is -1.06. The smallest absolute Gasteiger partial charge is 0.331 e. The van der Waals surface area contributed by atoms with Crippen LogP contribution in [0.4, 0.5) is 5.69 Å². The summed E-state index contributed by atoms with van der Waals surface area (Å²) < 4.78 is 5.97. The van der Waals surface area contributed by atoms with E-state index in [0.717, 1.165) is 15.0 Å². The number of hydrogen-bond acceptors (Lipinski definition) is 4. The van der Waals surface area contributed by atoms with Gasteiger partial charge in [0.05, 0.1) is 5.02 Å². The molecule has 1 N–H and O–H groups in total. The minimum Gasteiger partial charge on any atom is -0.452 e. The number of fused-ring (bicyclic) bond motifs is 1. The van der Waals surface area contributed by atoms with Gasteiger partial charge in [0, 0.05) is 31.7 Å². The lowest BCUT2D eigenvalue weighted by atomic mass is 10.2. The van der Waals surface area contributed by atoms with Crippen LogP contribution in [0.5, 0.6) is 0 Å². The molecule has 0 fully saturated rings. The van der Waals surface area contributed by atoms with E-state index in [0.29, 0.717) is 15.7 Å². The van der Waals surface area contributed by atoms with Gasteiger partial charge in [0.25, 0.3) is 5.91 Å². The number of amides is 1. The lowest BCUT2D eigenvalue weighted by Crippen LogP contribution is -2.20. The molecule has 0 saturated carbocycles. The molecule has 26 heavy (non-hydrogen) atoms. The molecule has 1 heterocycles. The zero-order valence-electron chi connectivity index (χ0n) is 13.4. The first-order valence-corrected chi connectivity index (χ1v) is 9.17. The number of carbonyl (C=O) groups is 2. The van der Waals surface area contributed by atoms with Crippen molar-refractivity contribution in [1.29, 1.82) is 0 Å². The number of thiophene rings is 1. The van der Waals surface area contributed by atoms with Gasteiger partial charge < -0.3 is 10.1 Å². The normalized spacial score (nSPS) is 11.0. The molecule has 0 atom stereocenters. The van der Waals surface area contributed by atoms with Crippen LogP contribution in [0.3, 0.4) is 0 Å². The van der Waals surface area contributed by atoms with Crippen molar-refractivity contribution in [3.05, 3.63) is 69.5 Å². The maximum Gasteiger partial charge on any atom is 0.331 e. The van der Waals surface area contributed by atoms with Gasteiger partial charge >= 0.3 is 5.97 Å². The van der Waals surface area contributed by atoms with E-state index in [1.54, 1.807) is 30.3 Å². The van der Waals surface area contributed by atoms with E-state index < -0.39 is 11.9 Å². The predicted octanol–water partition coefficient (Wildman–Crippen LogP) is 5.40. The SMILES string of the molecule is O=C(COC(=O)/C=C/c1sc2ccccc2c1Cl)Nc1ccc(Cl)cc1. The molecule has 4 nitrogen and oxygen atoms in total. The number of ether oxygens (including phenoxy) is 1. The monoisotopic (exact) mass is 405 g/mol. The third-order valence-electron chi connectivity index (χ3n) is 3.40. The molecule has 0 saturated heterocycles. The van der Waals surface area contributed by atoms with E-state index in [2.05, 4.69) is 5.32 Å². The Morgan fingerprint density at radius 2 is 1.81 bits per heavy atom. The highest BCUT2D eigenvalue weighted by Gasteiger charge is 2.09. The summed E-state index contributed by atoms with van der Waals surface area (Å²) in [6, 6.07) is 14.3. The fraction of sp³-hybridized carbons (Fsp3) is 0.0526. The molecule has 0 radical (unpaired) electrons. The fourth-order valence-corrected chi connectivity index (χ4v) is 3.72. The number of anilines is 1. The minimum absolute atomic E-state index is 0.383. The highest BCUT2D eigenvalue weighted by molar-refractivity contribution is 7.20.